The van der Waals surface area contributed by atoms with Crippen LogP contribution in [0.2, 0.25) is 18.3 Å². The molecule has 2 heterocycles. The van der Waals surface area contributed by atoms with Crippen molar-refractivity contribution < 1.29 is 9.90 Å². The molecule has 0 spiro atoms. The molecule has 1 aromatic carbocycles. The first-order valence-electron chi connectivity index (χ1n) is 12.6. The number of carbonyl (C=O) groups is 1. The van der Waals surface area contributed by atoms with Crippen LogP contribution in [0.25, 0.3) is 10.9 Å². The summed E-state index contributed by atoms with van der Waals surface area (Å²) in [6, 6.07) is 4.42. The average Bonchev–Trinajstić information content (AvgIpc) is 2.83. The van der Waals surface area contributed by atoms with Gasteiger partial charge < -0.3 is 0 Å². The fourth-order valence-electron chi connectivity index (χ4n) is 5.16. The van der Waals surface area contributed by atoms with Crippen LogP contribution in [-0.2, 0) is 0 Å². The van der Waals surface area contributed by atoms with Gasteiger partial charge in [-0.05, 0) is 0 Å². The Morgan fingerprint density at radius 2 is 1.55 bits per heavy atom. The summed E-state index contributed by atoms with van der Waals surface area (Å²) in [6.07, 6.45) is 8.37. The van der Waals surface area contributed by atoms with Crippen LogP contribution in [0.5, 0.6) is 0 Å². The fraction of sp³-hybridized carbons (Fsp3) is 0.640. The quantitative estimate of drug-likeness (QED) is 0.323. The summed E-state index contributed by atoms with van der Waals surface area (Å²) < 4.78 is 5.55. The van der Waals surface area contributed by atoms with E-state index in [-0.39, 0.29) is 0 Å². The van der Waals surface area contributed by atoms with E-state index >= 15 is 0 Å². The molecule has 2 aromatic rings. The van der Waals surface area contributed by atoms with Crippen molar-refractivity contribution in [2.45, 2.75) is 72.6 Å². The first-order chi connectivity index (χ1) is 16.0. The van der Waals surface area contributed by atoms with Gasteiger partial charge in [-0.25, -0.2) is 0 Å². The number of carboxylic acid groups (broad SMARTS) is 1. The molecule has 1 fully saturated rings. The molecule has 8 heteroatoms. The Labute approximate surface area is 207 Å². The van der Waals surface area contributed by atoms with E-state index < -0.39 is 24.5 Å². The van der Waals surface area contributed by atoms with Crippen molar-refractivity contribution in [3.05, 3.63) is 23.5 Å². The third-order valence-corrected chi connectivity index (χ3v) is 23.6. The van der Waals surface area contributed by atoms with Crippen molar-refractivity contribution >= 4 is 56.4 Å². The molecule has 1 amide bonds. The van der Waals surface area contributed by atoms with Crippen molar-refractivity contribution in [1.29, 1.82) is 0 Å². The number of aromatic nitrogens is 2. The molecule has 0 bridgehead atoms. The van der Waals surface area contributed by atoms with Gasteiger partial charge in [0, 0.05) is 0 Å². The molecule has 6 nitrogen and oxygen atoms in total. The molecule has 1 aromatic heterocycles. The zero-order chi connectivity index (χ0) is 23.8. The number of benzene rings is 1. The van der Waals surface area contributed by atoms with Gasteiger partial charge in [-0.1, -0.05) is 0 Å². The number of halogens is 1. The van der Waals surface area contributed by atoms with Crippen molar-refractivity contribution in [2.24, 2.45) is 0 Å². The van der Waals surface area contributed by atoms with Crippen LogP contribution >= 0.6 is 11.6 Å². The third kappa shape index (κ3) is 6.24. The molecule has 33 heavy (non-hydrogen) atoms. The van der Waals surface area contributed by atoms with E-state index in [1.165, 1.54) is 60.3 Å². The first-order valence-corrected chi connectivity index (χ1v) is 20.5. The molecule has 1 aliphatic rings. The fourth-order valence-corrected chi connectivity index (χ4v) is 22.8. The molecule has 1 aliphatic heterocycles. The number of fused-ring (bicyclic) bond motifs is 1. The van der Waals surface area contributed by atoms with Crippen molar-refractivity contribution in [1.82, 2.24) is 14.9 Å². The predicted molar refractivity (Wildman–Crippen MR) is 141 cm³/mol. The van der Waals surface area contributed by atoms with E-state index in [4.69, 9.17) is 11.6 Å². The van der Waals surface area contributed by atoms with Crippen LogP contribution in [0.4, 0.5) is 10.6 Å². The van der Waals surface area contributed by atoms with E-state index in [0.29, 0.717) is 26.2 Å². The summed E-state index contributed by atoms with van der Waals surface area (Å²) in [4.78, 5) is 24.2. The maximum absolute atomic E-state index is 11.3. The van der Waals surface area contributed by atoms with Gasteiger partial charge in [-0.3, -0.25) is 0 Å². The van der Waals surface area contributed by atoms with E-state index in [1.807, 2.05) is 0 Å². The second-order valence-corrected chi connectivity index (χ2v) is 22.9. The van der Waals surface area contributed by atoms with Crippen molar-refractivity contribution in [3.63, 3.8) is 0 Å². The van der Waals surface area contributed by atoms with Gasteiger partial charge in [0.1, 0.15) is 0 Å². The van der Waals surface area contributed by atoms with Crippen LogP contribution < -0.4 is 8.48 Å². The Hall–Kier alpha value is -1.28. The second kappa shape index (κ2) is 12.4. The molecule has 0 unspecified atom stereocenters. The summed E-state index contributed by atoms with van der Waals surface area (Å²) in [5.74, 6) is 0.870. The van der Waals surface area contributed by atoms with Crippen LogP contribution in [0.3, 0.4) is 0 Å². The summed E-state index contributed by atoms with van der Waals surface area (Å²) in [5, 5.41) is 11.2. The van der Waals surface area contributed by atoms with Crippen LogP contribution in [0.15, 0.2) is 18.5 Å². The summed E-state index contributed by atoms with van der Waals surface area (Å²) in [5.41, 5.74) is 0.977. The summed E-state index contributed by atoms with van der Waals surface area (Å²) in [7, 11) is 0. The monoisotopic (exact) mass is 582 g/mol. The molecule has 1 N–H and O–H groups in total. The predicted octanol–water partition coefficient (Wildman–Crippen LogP) is 6.14. The second-order valence-electron chi connectivity index (χ2n) is 9.39. The molecule has 0 radical (unpaired) electrons. The number of unbranched alkanes of at least 4 members (excludes halogenated alkanes) is 3. The molecular weight excluding hydrogens is 542 g/mol. The Balaban J connectivity index is 2.01. The van der Waals surface area contributed by atoms with Crippen LogP contribution in [-0.4, -0.2) is 70.6 Å². The molecule has 182 valence electrons. The topological polar surface area (TPSA) is 69.6 Å². The Bertz CT molecular complexity index is 912. The van der Waals surface area contributed by atoms with E-state index in [2.05, 4.69) is 47.8 Å². The zero-order valence-corrected chi connectivity index (χ0v) is 24.1. The van der Waals surface area contributed by atoms with Gasteiger partial charge in [-0.15, -0.1) is 0 Å². The number of nitrogens with zero attached hydrogens (tertiary/aromatic N) is 4. The van der Waals surface area contributed by atoms with E-state index in [9.17, 15) is 9.90 Å². The number of piperazine rings is 1. The van der Waals surface area contributed by atoms with Gasteiger partial charge in [0.25, 0.3) is 0 Å². The molecule has 1 saturated heterocycles. The number of hydrogen-bond acceptors (Lipinski definition) is 4. The van der Waals surface area contributed by atoms with Crippen molar-refractivity contribution in [2.75, 3.05) is 31.1 Å². The van der Waals surface area contributed by atoms with Crippen LogP contribution in [0, 0.1) is 0 Å². The Kier molecular flexibility index (Phi) is 9.92. The van der Waals surface area contributed by atoms with Gasteiger partial charge >= 0.3 is 208 Å². The summed E-state index contributed by atoms with van der Waals surface area (Å²) >= 11 is 4.40. The summed E-state index contributed by atoms with van der Waals surface area (Å²) in [6.45, 7) is 9.11. The number of amides is 1. The first kappa shape index (κ1) is 26.3. The normalized spacial score (nSPS) is 14.8. The molecule has 0 saturated carbocycles. The van der Waals surface area contributed by atoms with Gasteiger partial charge in [0.15, 0.2) is 0 Å². The molecular formula is C25H39ClN4O2Sn. The SMILES string of the molecule is CCC[CH2][Sn]([CH2]CCC)([CH2]CCC)[c]1cc2ncnc(N3CCN(C(=O)O)CC3)c2cc1Cl. The Morgan fingerprint density at radius 3 is 2.06 bits per heavy atom. The minimum atomic E-state index is -2.70. The third-order valence-electron chi connectivity index (χ3n) is 7.15. The molecule has 0 aliphatic carbocycles. The van der Waals surface area contributed by atoms with E-state index in [1.54, 1.807) is 6.33 Å². The van der Waals surface area contributed by atoms with Gasteiger partial charge in [-0.2, -0.15) is 0 Å². The van der Waals surface area contributed by atoms with E-state index in [0.717, 1.165) is 21.7 Å². The molecule has 3 rings (SSSR count). The van der Waals surface area contributed by atoms with Crippen LogP contribution in [0.1, 0.15) is 59.3 Å². The average molecular weight is 582 g/mol. The van der Waals surface area contributed by atoms with Gasteiger partial charge in [0.05, 0.1) is 0 Å². The van der Waals surface area contributed by atoms with Crippen molar-refractivity contribution in [3.8, 4) is 0 Å². The number of hydrogen-bond donors (Lipinski definition) is 1. The number of anilines is 1. The standard InChI is InChI=1S/C13H12ClN4O2.3C4H9.Sn/c14-9-1-2-11-10(7-9)12(16-8-15-11)17-3-5-18(6-4-17)13(19)20;3*1-3-4-2;/h2,7-8H,3-6H2,(H,19,20);3*1,3-4H2,2H3;. The van der Waals surface area contributed by atoms with Gasteiger partial charge in [0.2, 0.25) is 0 Å². The zero-order valence-electron chi connectivity index (χ0n) is 20.4. The maximum atomic E-state index is 11.3. The number of rotatable bonds is 11. The molecule has 0 atom stereocenters. The Morgan fingerprint density at radius 1 is 0.970 bits per heavy atom. The minimum absolute atomic E-state index is 0.483.